The van der Waals surface area contributed by atoms with E-state index in [2.05, 4.69) is 12.2 Å². The lowest BCUT2D eigenvalue weighted by Crippen LogP contribution is -2.08. The molecule has 0 bridgehead atoms. The van der Waals surface area contributed by atoms with Gasteiger partial charge in [0.2, 0.25) is 0 Å². The lowest BCUT2D eigenvalue weighted by atomic mass is 10.2. The second-order valence-corrected chi connectivity index (χ2v) is 2.02. The minimum Gasteiger partial charge on any atom is -0.237 e. The topological polar surface area (TPSA) is 0 Å². The molecule has 0 amide bonds. The molecular weight excluding hydrogens is 123 g/mol. The summed E-state index contributed by atoms with van der Waals surface area (Å²) in [5, 5.41) is 0. The Balaban J connectivity index is 2.74. The number of alkyl halides is 1. The zero-order valence-electron chi connectivity index (χ0n) is 4.17. The number of halogens is 1. The largest absolute Gasteiger partial charge is 0.237 e. The number of hydrogen-bond donors (Lipinski definition) is 0. The van der Waals surface area contributed by atoms with Crippen molar-refractivity contribution in [2.75, 3.05) is 0 Å². The fraction of sp³-hybridized carbons (Fsp3) is 0.167. The van der Waals surface area contributed by atoms with Gasteiger partial charge in [0.1, 0.15) is 0 Å². The first-order valence-electron chi connectivity index (χ1n) is 2.33. The van der Waals surface area contributed by atoms with Crippen LogP contribution in [0.25, 0.3) is 0 Å². The Kier molecular flexibility index (Phi) is 1.53. The molecule has 0 heterocycles. The highest BCUT2D eigenvalue weighted by Gasteiger charge is 2.06. The van der Waals surface area contributed by atoms with Gasteiger partial charge in [-0.05, 0) is 12.2 Å². The predicted octanol–water partition coefficient (Wildman–Crippen LogP) is 1.82. The van der Waals surface area contributed by atoms with Gasteiger partial charge in [0.05, 0.1) is 4.86 Å². The summed E-state index contributed by atoms with van der Waals surface area (Å²) in [6, 6.07) is 0. The van der Waals surface area contributed by atoms with E-state index in [1.54, 1.807) is 18.2 Å². The fourth-order valence-corrected chi connectivity index (χ4v) is 0.656. The van der Waals surface area contributed by atoms with Crippen molar-refractivity contribution in [2.24, 2.45) is 0 Å². The van der Waals surface area contributed by atoms with Gasteiger partial charge in [0.15, 0.2) is 6.17 Å². The third-order valence-electron chi connectivity index (χ3n) is 0.923. The van der Waals surface area contributed by atoms with Crippen molar-refractivity contribution in [3.63, 3.8) is 0 Å². The van der Waals surface area contributed by atoms with Crippen molar-refractivity contribution in [1.82, 2.24) is 0 Å². The summed E-state index contributed by atoms with van der Waals surface area (Å²) < 4.78 is 12.3. The maximum atomic E-state index is 12.3. The van der Waals surface area contributed by atoms with Crippen LogP contribution in [-0.4, -0.2) is 11.0 Å². The van der Waals surface area contributed by atoms with Gasteiger partial charge in [-0.25, -0.2) is 4.39 Å². The zero-order chi connectivity index (χ0) is 5.98. The molecule has 0 aromatic rings. The third kappa shape index (κ3) is 1.01. The highest BCUT2D eigenvalue weighted by atomic mass is 32.1. The minimum absolute atomic E-state index is 0.368. The Morgan fingerprint density at radius 3 is 2.62 bits per heavy atom. The van der Waals surface area contributed by atoms with E-state index >= 15 is 0 Å². The highest BCUT2D eigenvalue weighted by Crippen LogP contribution is 2.03. The Bertz CT molecular complexity index is 158. The summed E-state index contributed by atoms with van der Waals surface area (Å²) in [6.45, 7) is 0. The molecule has 1 aliphatic carbocycles. The van der Waals surface area contributed by atoms with E-state index in [0.717, 1.165) is 0 Å². The van der Waals surface area contributed by atoms with Crippen LogP contribution in [0.2, 0.25) is 0 Å². The summed E-state index contributed by atoms with van der Waals surface area (Å²) in [6.07, 6.45) is 5.39. The second kappa shape index (κ2) is 2.18. The normalized spacial score (nSPS) is 26.6. The molecule has 1 atom stereocenters. The number of thiocarbonyl (C=S) groups is 1. The van der Waals surface area contributed by atoms with Gasteiger partial charge in [-0.2, -0.15) is 0 Å². The summed E-state index contributed by atoms with van der Waals surface area (Å²) in [7, 11) is 0. The monoisotopic (exact) mass is 128 g/mol. The van der Waals surface area contributed by atoms with Gasteiger partial charge in [-0.1, -0.05) is 24.4 Å². The average molecular weight is 128 g/mol. The van der Waals surface area contributed by atoms with Crippen molar-refractivity contribution in [3.8, 4) is 0 Å². The molecule has 42 valence electrons. The molecular formula is C6H5FS. The van der Waals surface area contributed by atoms with Crippen LogP contribution in [0, 0.1) is 0 Å². The molecule has 0 aromatic carbocycles. The molecule has 1 aliphatic rings. The van der Waals surface area contributed by atoms with Crippen LogP contribution < -0.4 is 0 Å². The van der Waals surface area contributed by atoms with E-state index in [4.69, 9.17) is 0 Å². The van der Waals surface area contributed by atoms with E-state index in [9.17, 15) is 4.39 Å². The van der Waals surface area contributed by atoms with Crippen LogP contribution in [0.5, 0.6) is 0 Å². The van der Waals surface area contributed by atoms with Crippen LogP contribution in [0.1, 0.15) is 0 Å². The summed E-state index contributed by atoms with van der Waals surface area (Å²) >= 11 is 4.62. The van der Waals surface area contributed by atoms with Gasteiger partial charge in [0, 0.05) is 0 Å². The van der Waals surface area contributed by atoms with Crippen molar-refractivity contribution in [2.45, 2.75) is 6.17 Å². The first-order valence-corrected chi connectivity index (χ1v) is 2.74. The predicted molar refractivity (Wildman–Crippen MR) is 35.8 cm³/mol. The number of allylic oxidation sites excluding steroid dienone is 4. The van der Waals surface area contributed by atoms with Crippen molar-refractivity contribution >= 4 is 17.1 Å². The van der Waals surface area contributed by atoms with Gasteiger partial charge >= 0.3 is 0 Å². The van der Waals surface area contributed by atoms with Gasteiger partial charge < -0.3 is 0 Å². The molecule has 0 spiro atoms. The van der Waals surface area contributed by atoms with Crippen LogP contribution in [0.4, 0.5) is 4.39 Å². The molecule has 0 saturated heterocycles. The van der Waals surface area contributed by atoms with Gasteiger partial charge in [0.25, 0.3) is 0 Å². The first kappa shape index (κ1) is 5.63. The molecule has 0 N–H and O–H groups in total. The Hall–Kier alpha value is -0.500. The molecule has 0 fully saturated rings. The van der Waals surface area contributed by atoms with Crippen LogP contribution >= 0.6 is 12.2 Å². The highest BCUT2D eigenvalue weighted by molar-refractivity contribution is 7.80. The smallest absolute Gasteiger partial charge is 0.154 e. The molecule has 0 radical (unpaired) electrons. The quantitative estimate of drug-likeness (QED) is 0.448. The van der Waals surface area contributed by atoms with E-state index < -0.39 is 6.17 Å². The first-order chi connectivity index (χ1) is 3.80. The average Bonchev–Trinajstić information content (AvgIpc) is 1.77. The molecule has 1 rings (SSSR count). The number of rotatable bonds is 0. The summed E-state index contributed by atoms with van der Waals surface area (Å²) in [5.41, 5.74) is 0. The molecule has 0 nitrogen and oxygen atoms in total. The zero-order valence-corrected chi connectivity index (χ0v) is 4.99. The van der Waals surface area contributed by atoms with E-state index in [1.807, 2.05) is 0 Å². The molecule has 0 aliphatic heterocycles. The Labute approximate surface area is 52.7 Å². The molecule has 1 unspecified atom stereocenters. The standard InChI is InChI=1S/C6H5FS/c7-5-3-1-2-4-6(5)8/h1-5H. The number of hydrogen-bond acceptors (Lipinski definition) is 1. The van der Waals surface area contributed by atoms with Crippen molar-refractivity contribution in [1.29, 1.82) is 0 Å². The fourth-order valence-electron chi connectivity index (χ4n) is 0.499. The Morgan fingerprint density at radius 2 is 2.25 bits per heavy atom. The van der Waals surface area contributed by atoms with Crippen molar-refractivity contribution < 1.29 is 4.39 Å². The molecule has 0 aromatic heterocycles. The summed E-state index contributed by atoms with van der Waals surface area (Å²) in [4.78, 5) is 0.368. The minimum atomic E-state index is -1.03. The van der Waals surface area contributed by atoms with Gasteiger partial charge in [-0.15, -0.1) is 0 Å². The third-order valence-corrected chi connectivity index (χ3v) is 1.28. The van der Waals surface area contributed by atoms with E-state index in [0.29, 0.717) is 4.86 Å². The van der Waals surface area contributed by atoms with Crippen LogP contribution in [-0.2, 0) is 0 Å². The van der Waals surface area contributed by atoms with E-state index in [-0.39, 0.29) is 0 Å². The van der Waals surface area contributed by atoms with Crippen LogP contribution in [0.3, 0.4) is 0 Å². The molecule has 0 saturated carbocycles. The summed E-state index contributed by atoms with van der Waals surface area (Å²) in [5.74, 6) is 0. The van der Waals surface area contributed by atoms with Crippen LogP contribution in [0.15, 0.2) is 24.3 Å². The maximum absolute atomic E-state index is 12.3. The lowest BCUT2D eigenvalue weighted by Gasteiger charge is -2.01. The molecule has 8 heavy (non-hydrogen) atoms. The molecule has 2 heteroatoms. The van der Waals surface area contributed by atoms with E-state index in [1.165, 1.54) is 6.08 Å². The van der Waals surface area contributed by atoms with Crippen molar-refractivity contribution in [3.05, 3.63) is 24.3 Å². The van der Waals surface area contributed by atoms with Gasteiger partial charge in [-0.3, -0.25) is 0 Å². The lowest BCUT2D eigenvalue weighted by molar-refractivity contribution is 0.496. The SMILES string of the molecule is FC1C=CC=CC1=S. The maximum Gasteiger partial charge on any atom is 0.154 e. The second-order valence-electron chi connectivity index (χ2n) is 1.55. The Morgan fingerprint density at radius 1 is 1.50 bits per heavy atom.